The van der Waals surface area contributed by atoms with Gasteiger partial charge in [0.05, 0.1) is 5.69 Å². The summed E-state index contributed by atoms with van der Waals surface area (Å²) in [4.78, 5) is 34.1. The van der Waals surface area contributed by atoms with E-state index in [-0.39, 0.29) is 24.4 Å². The lowest BCUT2D eigenvalue weighted by Gasteiger charge is -2.36. The molecular weight excluding hydrogens is 452 g/mol. The van der Waals surface area contributed by atoms with Crippen molar-refractivity contribution in [2.45, 2.75) is 51.2 Å². The molecule has 0 radical (unpaired) electrons. The molecule has 8 nitrogen and oxygen atoms in total. The van der Waals surface area contributed by atoms with E-state index in [0.717, 1.165) is 60.3 Å². The summed E-state index contributed by atoms with van der Waals surface area (Å²) in [5.41, 5.74) is 11.8. The van der Waals surface area contributed by atoms with Crippen molar-refractivity contribution in [2.24, 2.45) is 5.73 Å². The number of rotatable bonds is 9. The number of carbonyl (C=O) groups is 2. The molecule has 2 aromatic rings. The highest BCUT2D eigenvalue weighted by Gasteiger charge is 2.25. The fourth-order valence-electron chi connectivity index (χ4n) is 4.71. The summed E-state index contributed by atoms with van der Waals surface area (Å²) in [6.45, 7) is 6.58. The summed E-state index contributed by atoms with van der Waals surface area (Å²) >= 11 is 0. The van der Waals surface area contributed by atoms with Crippen LogP contribution in [-0.4, -0.2) is 68.5 Å². The maximum atomic E-state index is 13.3. The van der Waals surface area contributed by atoms with Crippen LogP contribution >= 0.6 is 0 Å². The van der Waals surface area contributed by atoms with E-state index in [9.17, 15) is 9.59 Å². The molecule has 1 aromatic carbocycles. The van der Waals surface area contributed by atoms with Crippen LogP contribution in [0.15, 0.2) is 42.6 Å². The van der Waals surface area contributed by atoms with Gasteiger partial charge in [-0.05, 0) is 76.0 Å². The van der Waals surface area contributed by atoms with Gasteiger partial charge in [-0.25, -0.2) is 0 Å². The summed E-state index contributed by atoms with van der Waals surface area (Å²) in [6.07, 6.45) is 5.91. The summed E-state index contributed by atoms with van der Waals surface area (Å²) in [5.74, 6) is -0.530. The van der Waals surface area contributed by atoms with E-state index in [0.29, 0.717) is 17.2 Å². The van der Waals surface area contributed by atoms with Gasteiger partial charge in [0.15, 0.2) is 0 Å². The third-order valence-corrected chi connectivity index (χ3v) is 6.94. The van der Waals surface area contributed by atoms with Crippen molar-refractivity contribution in [1.29, 1.82) is 0 Å². The molecule has 0 bridgehead atoms. The molecule has 1 aliphatic carbocycles. The van der Waals surface area contributed by atoms with E-state index in [1.54, 1.807) is 7.05 Å². The molecule has 36 heavy (non-hydrogen) atoms. The molecule has 8 heteroatoms. The zero-order valence-electron chi connectivity index (χ0n) is 22.2. The van der Waals surface area contributed by atoms with Gasteiger partial charge < -0.3 is 26.2 Å². The van der Waals surface area contributed by atoms with Crippen LogP contribution in [-0.2, 0) is 11.3 Å². The molecule has 0 spiro atoms. The van der Waals surface area contributed by atoms with E-state index in [1.165, 1.54) is 0 Å². The van der Waals surface area contributed by atoms with Gasteiger partial charge >= 0.3 is 0 Å². The molecule has 0 unspecified atom stereocenters. The highest BCUT2D eigenvalue weighted by Crippen LogP contribution is 2.34. The summed E-state index contributed by atoms with van der Waals surface area (Å²) in [6, 6.07) is 8.76. The molecule has 0 saturated heterocycles. The van der Waals surface area contributed by atoms with Crippen LogP contribution in [0.2, 0.25) is 0 Å². The zero-order valence-corrected chi connectivity index (χ0v) is 22.2. The molecule has 4 N–H and O–H groups in total. The van der Waals surface area contributed by atoms with Crippen molar-refractivity contribution < 1.29 is 9.59 Å². The SMILES string of the molecule is C=C(CNC(=O)c1cc(-c2ccc(CN(C)C)nc2)cc(N(C)C2CCC(N)CC2)c1C)C(=O)NC. The normalized spacial score (nSPS) is 17.5. The summed E-state index contributed by atoms with van der Waals surface area (Å²) in [7, 11) is 7.67. The monoisotopic (exact) mass is 492 g/mol. The highest BCUT2D eigenvalue weighted by molar-refractivity contribution is 6.00. The quantitative estimate of drug-likeness (QED) is 0.465. The molecule has 0 aliphatic heterocycles. The van der Waals surface area contributed by atoms with Crippen LogP contribution in [0, 0.1) is 6.92 Å². The van der Waals surface area contributed by atoms with E-state index >= 15 is 0 Å². The first-order chi connectivity index (χ1) is 17.1. The van der Waals surface area contributed by atoms with E-state index in [2.05, 4.69) is 51.2 Å². The van der Waals surface area contributed by atoms with Crippen LogP contribution in [0.1, 0.15) is 47.3 Å². The second-order valence-electron chi connectivity index (χ2n) is 9.99. The Morgan fingerprint density at radius 3 is 2.39 bits per heavy atom. The molecule has 1 fully saturated rings. The maximum absolute atomic E-state index is 13.3. The maximum Gasteiger partial charge on any atom is 0.251 e. The Hall–Kier alpha value is -3.23. The Bertz CT molecular complexity index is 1090. The van der Waals surface area contributed by atoms with E-state index < -0.39 is 0 Å². The number of amides is 2. The van der Waals surface area contributed by atoms with Crippen LogP contribution in [0.5, 0.6) is 0 Å². The Morgan fingerprint density at radius 2 is 1.81 bits per heavy atom. The number of nitrogens with one attached hydrogen (secondary N) is 2. The lowest BCUT2D eigenvalue weighted by molar-refractivity contribution is -0.117. The number of likely N-dealkylation sites (N-methyl/N-ethyl adjacent to an activating group) is 1. The van der Waals surface area contributed by atoms with E-state index in [4.69, 9.17) is 5.73 Å². The number of hydrogen-bond donors (Lipinski definition) is 3. The molecule has 194 valence electrons. The summed E-state index contributed by atoms with van der Waals surface area (Å²) in [5, 5.41) is 5.39. The van der Waals surface area contributed by atoms with Crippen LogP contribution in [0.4, 0.5) is 5.69 Å². The molecule has 2 amide bonds. The van der Waals surface area contributed by atoms with Crippen LogP contribution < -0.4 is 21.3 Å². The van der Waals surface area contributed by atoms with Crippen LogP contribution in [0.3, 0.4) is 0 Å². The first-order valence-corrected chi connectivity index (χ1v) is 12.5. The highest BCUT2D eigenvalue weighted by atomic mass is 16.2. The van der Waals surface area contributed by atoms with Gasteiger partial charge in [0, 0.05) is 67.9 Å². The minimum Gasteiger partial charge on any atom is -0.371 e. The van der Waals surface area contributed by atoms with Gasteiger partial charge in [0.2, 0.25) is 5.91 Å². The van der Waals surface area contributed by atoms with Gasteiger partial charge in [-0.3, -0.25) is 14.6 Å². The van der Waals surface area contributed by atoms with Gasteiger partial charge in [-0.2, -0.15) is 0 Å². The predicted octanol–water partition coefficient (Wildman–Crippen LogP) is 2.86. The molecular formula is C28H40N6O2. The van der Waals surface area contributed by atoms with Gasteiger partial charge in [0.1, 0.15) is 0 Å². The number of benzene rings is 1. The van der Waals surface area contributed by atoms with Crippen molar-refractivity contribution in [2.75, 3.05) is 39.6 Å². The number of pyridine rings is 1. The molecule has 1 heterocycles. The van der Waals surface area contributed by atoms with Crippen molar-refractivity contribution in [3.8, 4) is 11.1 Å². The smallest absolute Gasteiger partial charge is 0.251 e. The lowest BCUT2D eigenvalue weighted by atomic mass is 9.89. The number of nitrogens with zero attached hydrogens (tertiary/aromatic N) is 3. The molecule has 1 aliphatic rings. The number of nitrogens with two attached hydrogens (primary N) is 1. The van der Waals surface area contributed by atoms with Gasteiger partial charge in [0.25, 0.3) is 5.91 Å². The van der Waals surface area contributed by atoms with Crippen molar-refractivity contribution in [3.05, 3.63) is 59.4 Å². The largest absolute Gasteiger partial charge is 0.371 e. The fraction of sp³-hybridized carbons (Fsp3) is 0.464. The second kappa shape index (κ2) is 12.1. The number of carbonyl (C=O) groups excluding carboxylic acids is 2. The molecule has 1 aromatic heterocycles. The van der Waals surface area contributed by atoms with Gasteiger partial charge in [-0.15, -0.1) is 0 Å². The summed E-state index contributed by atoms with van der Waals surface area (Å²) < 4.78 is 0. The Labute approximate surface area is 214 Å². The van der Waals surface area contributed by atoms with Crippen molar-refractivity contribution in [1.82, 2.24) is 20.5 Å². The minimum atomic E-state index is -0.291. The third kappa shape index (κ3) is 6.71. The first-order valence-electron chi connectivity index (χ1n) is 12.5. The van der Waals surface area contributed by atoms with Crippen molar-refractivity contribution >= 4 is 17.5 Å². The average Bonchev–Trinajstić information content (AvgIpc) is 2.87. The molecule has 0 atom stereocenters. The number of aromatic nitrogens is 1. The Balaban J connectivity index is 1.97. The topological polar surface area (TPSA) is 104 Å². The predicted molar refractivity (Wildman–Crippen MR) is 146 cm³/mol. The number of anilines is 1. The van der Waals surface area contributed by atoms with Gasteiger partial charge in [-0.1, -0.05) is 12.6 Å². The zero-order chi connectivity index (χ0) is 26.4. The number of hydrogen-bond acceptors (Lipinski definition) is 6. The molecule has 1 saturated carbocycles. The second-order valence-corrected chi connectivity index (χ2v) is 9.99. The lowest BCUT2D eigenvalue weighted by Crippen LogP contribution is -2.39. The first kappa shape index (κ1) is 27.4. The van der Waals surface area contributed by atoms with E-state index in [1.807, 2.05) is 39.3 Å². The standard InChI is InChI=1S/C28H40N6O2/c1-18(27(35)30-3)15-32-28(36)25-13-21(20-7-10-23(31-16-20)17-33(4)5)14-26(19(25)2)34(6)24-11-8-22(29)9-12-24/h7,10,13-14,16,22,24H,1,8-9,11-12,15,17,29H2,2-6H3,(H,30,35)(H,32,36). The minimum absolute atomic E-state index is 0.0780. The fourth-order valence-corrected chi connectivity index (χ4v) is 4.71. The third-order valence-electron chi connectivity index (χ3n) is 6.94. The Kier molecular flexibility index (Phi) is 9.23. The van der Waals surface area contributed by atoms with Crippen LogP contribution in [0.25, 0.3) is 11.1 Å². The average molecular weight is 493 g/mol. The Morgan fingerprint density at radius 1 is 1.11 bits per heavy atom. The molecule has 3 rings (SSSR count). The van der Waals surface area contributed by atoms with Crippen molar-refractivity contribution in [3.63, 3.8) is 0 Å².